The maximum absolute atomic E-state index is 12.8. The Morgan fingerprint density at radius 2 is 2.00 bits per heavy atom. The molecule has 5 nitrogen and oxygen atoms in total. The van der Waals surface area contributed by atoms with Crippen molar-refractivity contribution in [2.45, 2.75) is 25.8 Å². The van der Waals surface area contributed by atoms with Crippen LogP contribution in [0.2, 0.25) is 0 Å². The van der Waals surface area contributed by atoms with Gasteiger partial charge in [0.05, 0.1) is 26.5 Å². The first kappa shape index (κ1) is 15.5. The van der Waals surface area contributed by atoms with Gasteiger partial charge in [-0.3, -0.25) is 4.79 Å². The van der Waals surface area contributed by atoms with Crippen LogP contribution in [0.5, 0.6) is 11.5 Å². The van der Waals surface area contributed by atoms with Gasteiger partial charge in [0.1, 0.15) is 0 Å². The molecule has 1 amide bonds. The summed E-state index contributed by atoms with van der Waals surface area (Å²) in [5.74, 6) is 1.75. The maximum Gasteiger partial charge on any atom is 0.290 e. The lowest BCUT2D eigenvalue weighted by atomic mass is 10.0. The van der Waals surface area contributed by atoms with Crippen molar-refractivity contribution in [3.63, 3.8) is 0 Å². The van der Waals surface area contributed by atoms with E-state index in [1.54, 1.807) is 20.5 Å². The zero-order valence-corrected chi connectivity index (χ0v) is 13.7. The van der Waals surface area contributed by atoms with Gasteiger partial charge in [0.25, 0.3) is 5.91 Å². The molecule has 5 heteroatoms. The van der Waals surface area contributed by atoms with Crippen LogP contribution in [-0.2, 0) is 0 Å². The lowest BCUT2D eigenvalue weighted by Crippen LogP contribution is -2.30. The number of carbonyl (C=O) groups excluding carboxylic acids is 1. The summed E-state index contributed by atoms with van der Waals surface area (Å²) in [6.07, 6.45) is 3.47. The molecule has 1 fully saturated rings. The number of hydrogen-bond acceptors (Lipinski definition) is 4. The van der Waals surface area contributed by atoms with Crippen LogP contribution in [0.15, 0.2) is 34.9 Å². The second kappa shape index (κ2) is 6.36. The van der Waals surface area contributed by atoms with Crippen molar-refractivity contribution in [3.05, 3.63) is 47.4 Å². The average molecular weight is 315 g/mol. The van der Waals surface area contributed by atoms with Crippen LogP contribution in [0.1, 0.15) is 40.6 Å². The highest BCUT2D eigenvalue weighted by Gasteiger charge is 2.33. The first-order valence-corrected chi connectivity index (χ1v) is 7.72. The fraction of sp³-hybridized carbons (Fsp3) is 0.389. The third-order valence-corrected chi connectivity index (χ3v) is 4.36. The van der Waals surface area contributed by atoms with Crippen LogP contribution in [-0.4, -0.2) is 31.6 Å². The molecule has 23 heavy (non-hydrogen) atoms. The van der Waals surface area contributed by atoms with Crippen molar-refractivity contribution >= 4 is 5.91 Å². The summed E-state index contributed by atoms with van der Waals surface area (Å²) in [5, 5.41) is 0. The summed E-state index contributed by atoms with van der Waals surface area (Å²) in [6.45, 7) is 2.62. The average Bonchev–Trinajstić information content (AvgIpc) is 3.22. The maximum atomic E-state index is 12.8. The van der Waals surface area contributed by atoms with E-state index in [-0.39, 0.29) is 11.9 Å². The zero-order chi connectivity index (χ0) is 16.4. The minimum Gasteiger partial charge on any atom is -0.493 e. The Kier molecular flexibility index (Phi) is 4.28. The summed E-state index contributed by atoms with van der Waals surface area (Å²) in [4.78, 5) is 14.6. The first-order valence-electron chi connectivity index (χ1n) is 7.72. The molecule has 0 aliphatic carbocycles. The van der Waals surface area contributed by atoms with E-state index < -0.39 is 0 Å². The predicted molar refractivity (Wildman–Crippen MR) is 86.0 cm³/mol. The second-order valence-electron chi connectivity index (χ2n) is 5.70. The number of likely N-dealkylation sites (tertiary alicyclic amines) is 1. The van der Waals surface area contributed by atoms with Crippen LogP contribution in [0.25, 0.3) is 0 Å². The number of amides is 1. The minimum absolute atomic E-state index is 0.0341. The van der Waals surface area contributed by atoms with Crippen molar-refractivity contribution in [1.82, 2.24) is 4.90 Å². The van der Waals surface area contributed by atoms with Crippen LogP contribution < -0.4 is 9.47 Å². The van der Waals surface area contributed by atoms with Crippen molar-refractivity contribution in [1.29, 1.82) is 0 Å². The van der Waals surface area contributed by atoms with Gasteiger partial charge in [0.2, 0.25) is 0 Å². The van der Waals surface area contributed by atoms with E-state index in [1.807, 2.05) is 36.1 Å². The summed E-state index contributed by atoms with van der Waals surface area (Å²) in [6, 6.07) is 7.67. The molecule has 0 spiro atoms. The number of rotatable bonds is 4. The molecule has 0 bridgehead atoms. The highest BCUT2D eigenvalue weighted by molar-refractivity contribution is 5.93. The van der Waals surface area contributed by atoms with Gasteiger partial charge in [-0.05, 0) is 43.5 Å². The fourth-order valence-electron chi connectivity index (χ4n) is 3.14. The van der Waals surface area contributed by atoms with E-state index in [4.69, 9.17) is 13.9 Å². The third-order valence-electron chi connectivity index (χ3n) is 4.36. The molecule has 122 valence electrons. The van der Waals surface area contributed by atoms with Crippen molar-refractivity contribution < 1.29 is 18.7 Å². The Balaban J connectivity index is 1.90. The molecule has 3 rings (SSSR count). The number of carbonyl (C=O) groups is 1. The monoisotopic (exact) mass is 315 g/mol. The Bertz CT molecular complexity index is 707. The Labute approximate surface area is 135 Å². The first-order chi connectivity index (χ1) is 11.2. The Hall–Kier alpha value is -2.43. The molecule has 0 unspecified atom stereocenters. The fourth-order valence-corrected chi connectivity index (χ4v) is 3.14. The largest absolute Gasteiger partial charge is 0.493 e. The van der Waals surface area contributed by atoms with Gasteiger partial charge >= 0.3 is 0 Å². The standard InChI is InChI=1S/C18H21NO4/c1-12-8-10-23-17(12)18(20)19-9-4-5-14(19)13-6-7-15(21-2)16(11-13)22-3/h6-8,10-11,14H,4-5,9H2,1-3H3/t14-/m1/s1. The molecule has 2 aromatic rings. The number of ether oxygens (including phenoxy) is 2. The van der Waals surface area contributed by atoms with Crippen molar-refractivity contribution in [3.8, 4) is 11.5 Å². The third kappa shape index (κ3) is 2.79. The van der Waals surface area contributed by atoms with Gasteiger partial charge in [-0.1, -0.05) is 6.07 Å². The lowest BCUT2D eigenvalue weighted by molar-refractivity contribution is 0.0702. The molecule has 1 aliphatic heterocycles. The molecule has 1 aromatic heterocycles. The molecule has 1 aromatic carbocycles. The van der Waals surface area contributed by atoms with Crippen molar-refractivity contribution in [2.24, 2.45) is 0 Å². The van der Waals surface area contributed by atoms with Gasteiger partial charge in [-0.15, -0.1) is 0 Å². The van der Waals surface area contributed by atoms with E-state index in [1.165, 1.54) is 0 Å². The number of benzene rings is 1. The van der Waals surface area contributed by atoms with E-state index in [9.17, 15) is 4.79 Å². The number of hydrogen-bond donors (Lipinski definition) is 0. The SMILES string of the molecule is COc1ccc([C@H]2CCCN2C(=O)c2occc2C)cc1OC. The minimum atomic E-state index is -0.0511. The van der Waals surface area contributed by atoms with Gasteiger partial charge in [0, 0.05) is 12.1 Å². The number of nitrogens with zero attached hydrogens (tertiary/aromatic N) is 1. The predicted octanol–water partition coefficient (Wildman–Crippen LogP) is 3.58. The highest BCUT2D eigenvalue weighted by atomic mass is 16.5. The number of aryl methyl sites for hydroxylation is 1. The molecule has 2 heterocycles. The molecule has 1 saturated heterocycles. The Morgan fingerprint density at radius 3 is 2.65 bits per heavy atom. The van der Waals surface area contributed by atoms with Crippen LogP contribution in [0.4, 0.5) is 0 Å². The second-order valence-corrected chi connectivity index (χ2v) is 5.70. The summed E-state index contributed by atoms with van der Waals surface area (Å²) < 4.78 is 16.0. The smallest absolute Gasteiger partial charge is 0.290 e. The number of furan rings is 1. The lowest BCUT2D eigenvalue weighted by Gasteiger charge is -2.25. The quantitative estimate of drug-likeness (QED) is 0.865. The summed E-state index contributed by atoms with van der Waals surface area (Å²) >= 11 is 0. The molecule has 0 saturated carbocycles. The van der Waals surface area contributed by atoms with Crippen molar-refractivity contribution in [2.75, 3.05) is 20.8 Å². The van der Waals surface area contributed by atoms with Gasteiger partial charge in [0.15, 0.2) is 17.3 Å². The van der Waals surface area contributed by atoms with Gasteiger partial charge in [-0.2, -0.15) is 0 Å². The molecule has 0 N–H and O–H groups in total. The number of methoxy groups -OCH3 is 2. The van der Waals surface area contributed by atoms with Gasteiger partial charge in [-0.25, -0.2) is 0 Å². The summed E-state index contributed by atoms with van der Waals surface area (Å²) in [7, 11) is 3.23. The van der Waals surface area contributed by atoms with Gasteiger partial charge < -0.3 is 18.8 Å². The van der Waals surface area contributed by atoms with Crippen LogP contribution in [0.3, 0.4) is 0 Å². The van der Waals surface area contributed by atoms with E-state index in [0.717, 1.165) is 30.5 Å². The molecular weight excluding hydrogens is 294 g/mol. The zero-order valence-electron chi connectivity index (χ0n) is 13.7. The van der Waals surface area contributed by atoms with Crippen LogP contribution >= 0.6 is 0 Å². The Morgan fingerprint density at radius 1 is 1.22 bits per heavy atom. The normalized spacial score (nSPS) is 17.3. The van der Waals surface area contributed by atoms with E-state index in [0.29, 0.717) is 17.3 Å². The van der Waals surface area contributed by atoms with E-state index >= 15 is 0 Å². The summed E-state index contributed by atoms with van der Waals surface area (Å²) in [5.41, 5.74) is 1.92. The van der Waals surface area contributed by atoms with Crippen LogP contribution in [0, 0.1) is 6.92 Å². The molecule has 1 atom stereocenters. The highest BCUT2D eigenvalue weighted by Crippen LogP contribution is 2.37. The topological polar surface area (TPSA) is 51.9 Å². The van der Waals surface area contributed by atoms with E-state index in [2.05, 4.69) is 0 Å². The molecule has 0 radical (unpaired) electrons. The molecule has 1 aliphatic rings. The molecular formula is C18H21NO4.